The number of hydrogen-bond acceptors (Lipinski definition) is 0. The molecule has 0 heterocycles. The highest BCUT2D eigenvalue weighted by molar-refractivity contribution is 7.45. The normalized spacial score (nSPS) is 11.7. The van der Waals surface area contributed by atoms with Crippen LogP contribution in [-0.4, -0.2) is 6.69 Å². The first-order chi connectivity index (χ1) is 7.64. The smallest absolute Gasteiger partial charge is 0.146 e. The number of hydrogen-bond donors (Lipinski definition) is 0. The molecule has 0 saturated carbocycles. The van der Waals surface area contributed by atoms with Gasteiger partial charge < -0.3 is 0 Å². The van der Waals surface area contributed by atoms with Gasteiger partial charge in [0.2, 0.25) is 0 Å². The monoisotopic (exact) mass is 274 g/mol. The molecule has 0 aromatic heterocycles. The summed E-state index contributed by atoms with van der Waals surface area (Å²) in [6, 6.07) is 12.5. The molecule has 0 aliphatic rings. The molecule has 0 atom stereocenters. The second-order valence-electron chi connectivity index (χ2n) is 4.30. The predicted molar refractivity (Wildman–Crippen MR) is 76.7 cm³/mol. The molecule has 0 unspecified atom stereocenters. The first-order valence-electron chi connectivity index (χ1n) is 6.06. The van der Waals surface area contributed by atoms with E-state index in [2.05, 4.69) is 31.2 Å². The van der Waals surface area contributed by atoms with Crippen LogP contribution in [0.3, 0.4) is 0 Å². The minimum Gasteiger partial charge on any atom is -0.146 e. The Balaban J connectivity index is 2.30. The fraction of sp³-hybridized carbons (Fsp3) is 0.538. The van der Waals surface area contributed by atoms with Crippen molar-refractivity contribution in [2.45, 2.75) is 44.7 Å². The van der Waals surface area contributed by atoms with Gasteiger partial charge in [-0.2, -0.15) is 0 Å². The maximum atomic E-state index is 6.43. The van der Waals surface area contributed by atoms with Gasteiger partial charge in [0.25, 0.3) is 6.69 Å². The van der Waals surface area contributed by atoms with E-state index in [1.807, 2.05) is 6.07 Å². The molecule has 0 N–H and O–H groups in total. The van der Waals surface area contributed by atoms with Crippen molar-refractivity contribution in [2.24, 2.45) is 0 Å². The van der Waals surface area contributed by atoms with Crippen LogP contribution in [0.25, 0.3) is 0 Å². The third-order valence-corrected chi connectivity index (χ3v) is 7.10. The number of halogens is 2. The molecule has 0 radical (unpaired) electrons. The quantitative estimate of drug-likeness (QED) is 0.358. The molecule has 90 valence electrons. The Morgan fingerprint density at radius 3 is 2.31 bits per heavy atom. The van der Waals surface area contributed by atoms with E-state index in [1.54, 1.807) is 0 Å². The highest BCUT2D eigenvalue weighted by Crippen LogP contribution is 2.29. The van der Waals surface area contributed by atoms with E-state index in [0.717, 1.165) is 18.5 Å². The van der Waals surface area contributed by atoms with Gasteiger partial charge in [-0.25, -0.2) is 0 Å². The van der Waals surface area contributed by atoms with E-state index < -0.39 is 6.69 Å². The average molecular weight is 275 g/mol. The molecular formula is C13H20Cl2Si. The summed E-state index contributed by atoms with van der Waals surface area (Å²) in [7, 11) is 0. The van der Waals surface area contributed by atoms with Crippen LogP contribution in [0, 0.1) is 0 Å². The Hall–Kier alpha value is 0.0169. The summed E-state index contributed by atoms with van der Waals surface area (Å²) >= 11 is 12.9. The zero-order valence-corrected chi connectivity index (χ0v) is 12.4. The van der Waals surface area contributed by atoms with E-state index in [-0.39, 0.29) is 0 Å². The van der Waals surface area contributed by atoms with Crippen molar-refractivity contribution in [1.82, 2.24) is 0 Å². The van der Waals surface area contributed by atoms with E-state index in [4.69, 9.17) is 22.2 Å². The number of aryl methyl sites for hydroxylation is 1. The second-order valence-corrected chi connectivity index (χ2v) is 11.9. The summed E-state index contributed by atoms with van der Waals surface area (Å²) in [4.78, 5) is 0. The molecule has 0 fully saturated rings. The summed E-state index contributed by atoms with van der Waals surface area (Å²) in [5.74, 6) is 0. The molecular weight excluding hydrogens is 255 g/mol. The second kappa shape index (κ2) is 7.36. The third kappa shape index (κ3) is 5.93. The van der Waals surface area contributed by atoms with Crippen LogP contribution in [0.2, 0.25) is 12.1 Å². The van der Waals surface area contributed by atoms with Crippen LogP contribution in [0.15, 0.2) is 30.3 Å². The van der Waals surface area contributed by atoms with Crippen molar-refractivity contribution in [3.8, 4) is 0 Å². The van der Waals surface area contributed by atoms with Gasteiger partial charge in [-0.1, -0.05) is 56.5 Å². The molecule has 1 aromatic carbocycles. The Labute approximate surface area is 109 Å². The maximum Gasteiger partial charge on any atom is 0.251 e. The summed E-state index contributed by atoms with van der Waals surface area (Å²) in [6.45, 7) is 0.225. The Morgan fingerprint density at radius 1 is 1.00 bits per heavy atom. The zero-order chi connectivity index (χ0) is 11.9. The molecule has 1 rings (SSSR count). The molecule has 1 aromatic rings. The predicted octanol–water partition coefficient (Wildman–Crippen LogP) is 5.34. The van der Waals surface area contributed by atoms with Crippen molar-refractivity contribution in [1.29, 1.82) is 0 Å². The highest BCUT2D eigenvalue weighted by atomic mass is 35.7. The van der Waals surface area contributed by atoms with Crippen LogP contribution >= 0.6 is 22.2 Å². The van der Waals surface area contributed by atoms with Crippen LogP contribution < -0.4 is 0 Å². The molecule has 0 bridgehead atoms. The van der Waals surface area contributed by atoms with Crippen LogP contribution in [-0.2, 0) is 6.42 Å². The lowest BCUT2D eigenvalue weighted by Gasteiger charge is -2.16. The molecule has 0 amide bonds. The van der Waals surface area contributed by atoms with Gasteiger partial charge in [-0.3, -0.25) is 0 Å². The number of rotatable bonds is 7. The van der Waals surface area contributed by atoms with E-state index in [1.165, 1.54) is 24.8 Å². The number of benzene rings is 1. The van der Waals surface area contributed by atoms with E-state index >= 15 is 0 Å². The topological polar surface area (TPSA) is 0 Å². The fourth-order valence-electron chi connectivity index (χ4n) is 1.73. The molecule has 0 nitrogen and oxygen atoms in total. The number of unbranched alkanes of at least 4 members (excludes halogenated alkanes) is 2. The molecule has 0 spiro atoms. The Morgan fingerprint density at radius 2 is 1.69 bits per heavy atom. The highest BCUT2D eigenvalue weighted by Gasteiger charge is 2.26. The lowest BCUT2D eigenvalue weighted by atomic mass is 10.2. The largest absolute Gasteiger partial charge is 0.251 e. The summed E-state index contributed by atoms with van der Waals surface area (Å²) in [5.41, 5.74) is 1.34. The van der Waals surface area contributed by atoms with Crippen molar-refractivity contribution in [2.75, 3.05) is 0 Å². The maximum absolute atomic E-state index is 6.43. The van der Waals surface area contributed by atoms with Gasteiger partial charge in [0.15, 0.2) is 0 Å². The van der Waals surface area contributed by atoms with Gasteiger partial charge >= 0.3 is 0 Å². The van der Waals surface area contributed by atoms with E-state index in [0.29, 0.717) is 0 Å². The van der Waals surface area contributed by atoms with Crippen LogP contribution in [0.1, 0.15) is 31.7 Å². The van der Waals surface area contributed by atoms with Crippen molar-refractivity contribution < 1.29 is 0 Å². The summed E-state index contributed by atoms with van der Waals surface area (Å²) < 4.78 is 0. The Kier molecular flexibility index (Phi) is 6.48. The van der Waals surface area contributed by atoms with Crippen molar-refractivity contribution >= 4 is 28.9 Å². The van der Waals surface area contributed by atoms with E-state index in [9.17, 15) is 0 Å². The molecule has 3 heteroatoms. The lowest BCUT2D eigenvalue weighted by Crippen LogP contribution is -2.19. The average Bonchev–Trinajstić information content (AvgIpc) is 2.28. The van der Waals surface area contributed by atoms with Gasteiger partial charge in [0, 0.05) is 0 Å². The first-order valence-corrected chi connectivity index (χ1v) is 10.5. The van der Waals surface area contributed by atoms with Crippen LogP contribution in [0.5, 0.6) is 0 Å². The standard InChI is InChI=1S/C13H20Cl2Si/c1-2-3-7-11-16(14,15)12-10-13-8-5-4-6-9-13/h4-6,8-9H,2-3,7,10-12H2,1H3. The molecule has 0 aliphatic heterocycles. The van der Waals surface area contributed by atoms with Gasteiger partial charge in [-0.15, -0.1) is 22.2 Å². The van der Waals surface area contributed by atoms with Gasteiger partial charge in [0.1, 0.15) is 0 Å². The SMILES string of the molecule is CCCCC[Si](Cl)(Cl)CCc1ccccc1. The van der Waals surface area contributed by atoms with Crippen molar-refractivity contribution in [3.05, 3.63) is 35.9 Å². The minimum atomic E-state index is -1.98. The molecule has 16 heavy (non-hydrogen) atoms. The minimum absolute atomic E-state index is 0.976. The molecule has 0 aliphatic carbocycles. The van der Waals surface area contributed by atoms with Crippen molar-refractivity contribution in [3.63, 3.8) is 0 Å². The zero-order valence-electron chi connectivity index (χ0n) is 9.89. The molecule has 0 saturated heterocycles. The van der Waals surface area contributed by atoms with Gasteiger partial charge in [-0.05, 0) is 24.1 Å². The lowest BCUT2D eigenvalue weighted by molar-refractivity contribution is 0.765. The third-order valence-electron chi connectivity index (χ3n) is 2.77. The van der Waals surface area contributed by atoms with Gasteiger partial charge in [0.05, 0.1) is 0 Å². The summed E-state index contributed by atoms with van der Waals surface area (Å²) in [6.07, 6.45) is 4.69. The summed E-state index contributed by atoms with van der Waals surface area (Å²) in [5, 5.41) is 0. The fourth-order valence-corrected chi connectivity index (χ4v) is 4.77. The first kappa shape index (κ1) is 14.1. The Bertz CT molecular complexity index is 285. The van der Waals surface area contributed by atoms with Crippen LogP contribution in [0.4, 0.5) is 0 Å².